The molecule has 0 atom stereocenters. The first-order chi connectivity index (χ1) is 12.1. The van der Waals surface area contributed by atoms with Gasteiger partial charge in [-0.1, -0.05) is 27.7 Å². The Labute approximate surface area is 148 Å². The first-order valence-electron chi connectivity index (χ1n) is 8.77. The number of nitrogens with zero attached hydrogens (tertiary/aromatic N) is 2. The zero-order valence-corrected chi connectivity index (χ0v) is 15.3. The third-order valence-corrected chi connectivity index (χ3v) is 4.35. The summed E-state index contributed by atoms with van der Waals surface area (Å²) in [5.74, 6) is -1.44. The minimum absolute atomic E-state index is 0.208. The Kier molecular flexibility index (Phi) is 6.39. The molecule has 0 aliphatic heterocycles. The van der Waals surface area contributed by atoms with E-state index < -0.39 is 11.9 Å². The number of aryl methyl sites for hydroxylation is 2. The van der Waals surface area contributed by atoms with Crippen LogP contribution in [0.4, 0.5) is 0 Å². The van der Waals surface area contributed by atoms with Crippen LogP contribution >= 0.6 is 0 Å². The predicted octanol–water partition coefficient (Wildman–Crippen LogP) is 3.72. The number of pyridine rings is 2. The molecule has 0 radical (unpaired) electrons. The number of ether oxygens (including phenoxy) is 1. The zero-order chi connectivity index (χ0) is 18.4. The molecule has 2 heterocycles. The van der Waals surface area contributed by atoms with Gasteiger partial charge < -0.3 is 4.74 Å². The maximum atomic E-state index is 12.5. The fourth-order valence-electron chi connectivity index (χ4n) is 3.05. The molecule has 5 nitrogen and oxygen atoms in total. The molecule has 2 aromatic heterocycles. The molecule has 0 aliphatic carbocycles. The number of carbonyl (C=O) groups is 2. The van der Waals surface area contributed by atoms with Gasteiger partial charge in [-0.05, 0) is 60.1 Å². The third-order valence-electron chi connectivity index (χ3n) is 4.35. The lowest BCUT2D eigenvalue weighted by Gasteiger charge is -2.12. The fourth-order valence-corrected chi connectivity index (χ4v) is 3.05. The minimum Gasteiger partial charge on any atom is -0.383 e. The van der Waals surface area contributed by atoms with Crippen molar-refractivity contribution in [3.8, 4) is 0 Å². The average molecular weight is 340 g/mol. The lowest BCUT2D eigenvalue weighted by Crippen LogP contribution is -2.19. The van der Waals surface area contributed by atoms with Crippen molar-refractivity contribution in [1.29, 1.82) is 0 Å². The second-order valence-electron chi connectivity index (χ2n) is 5.69. The van der Waals surface area contributed by atoms with Crippen LogP contribution in [0, 0.1) is 0 Å². The van der Waals surface area contributed by atoms with E-state index in [1.165, 1.54) is 0 Å². The first-order valence-corrected chi connectivity index (χ1v) is 8.77. The van der Waals surface area contributed by atoms with Gasteiger partial charge in [0.2, 0.25) is 0 Å². The molecule has 25 heavy (non-hydrogen) atoms. The Balaban J connectivity index is 2.32. The Morgan fingerprint density at radius 1 is 0.760 bits per heavy atom. The summed E-state index contributed by atoms with van der Waals surface area (Å²) in [4.78, 5) is 33.3. The molecular formula is C20H24N2O3. The van der Waals surface area contributed by atoms with Gasteiger partial charge in [0.1, 0.15) is 0 Å². The number of aromatic nitrogens is 2. The van der Waals surface area contributed by atoms with Crippen LogP contribution < -0.4 is 0 Å². The molecule has 0 spiro atoms. The van der Waals surface area contributed by atoms with Gasteiger partial charge >= 0.3 is 11.9 Å². The van der Waals surface area contributed by atoms with E-state index in [2.05, 4.69) is 9.97 Å². The van der Waals surface area contributed by atoms with Crippen LogP contribution in [0.15, 0.2) is 24.5 Å². The molecule has 0 unspecified atom stereocenters. The topological polar surface area (TPSA) is 69.2 Å². The summed E-state index contributed by atoms with van der Waals surface area (Å²) >= 11 is 0. The molecular weight excluding hydrogens is 316 g/mol. The van der Waals surface area contributed by atoms with Gasteiger partial charge in [0, 0.05) is 12.4 Å². The van der Waals surface area contributed by atoms with Crippen molar-refractivity contribution < 1.29 is 14.3 Å². The molecule has 0 saturated heterocycles. The molecule has 0 aromatic carbocycles. The van der Waals surface area contributed by atoms with Gasteiger partial charge in [-0.25, -0.2) is 19.6 Å². The van der Waals surface area contributed by atoms with Gasteiger partial charge in [0.25, 0.3) is 0 Å². The average Bonchev–Trinajstić information content (AvgIpc) is 2.65. The van der Waals surface area contributed by atoms with E-state index in [-0.39, 0.29) is 11.4 Å². The van der Waals surface area contributed by atoms with E-state index >= 15 is 0 Å². The highest BCUT2D eigenvalue weighted by molar-refractivity contribution is 6.02. The van der Waals surface area contributed by atoms with E-state index in [0.29, 0.717) is 12.8 Å². The van der Waals surface area contributed by atoms with Crippen LogP contribution in [-0.4, -0.2) is 21.9 Å². The molecule has 2 rings (SSSR count). The third kappa shape index (κ3) is 3.92. The molecule has 132 valence electrons. The lowest BCUT2D eigenvalue weighted by molar-refractivity contribution is 0.0387. The summed E-state index contributed by atoms with van der Waals surface area (Å²) in [7, 11) is 0. The quantitative estimate of drug-likeness (QED) is 0.592. The summed E-state index contributed by atoms with van der Waals surface area (Å²) in [6.07, 6.45) is 6.04. The van der Waals surface area contributed by atoms with Gasteiger partial charge in [-0.15, -0.1) is 0 Å². The number of hydrogen-bond acceptors (Lipinski definition) is 5. The highest BCUT2D eigenvalue weighted by Gasteiger charge is 2.23. The zero-order valence-electron chi connectivity index (χ0n) is 15.3. The minimum atomic E-state index is -0.720. The maximum absolute atomic E-state index is 12.5. The molecule has 0 bridgehead atoms. The van der Waals surface area contributed by atoms with Crippen molar-refractivity contribution in [2.45, 2.75) is 53.4 Å². The second kappa shape index (κ2) is 8.51. The van der Waals surface area contributed by atoms with Crippen LogP contribution in [0.2, 0.25) is 0 Å². The van der Waals surface area contributed by atoms with Crippen molar-refractivity contribution >= 4 is 11.9 Å². The first kappa shape index (κ1) is 18.8. The van der Waals surface area contributed by atoms with Crippen LogP contribution in [0.3, 0.4) is 0 Å². The van der Waals surface area contributed by atoms with Crippen LogP contribution in [-0.2, 0) is 30.4 Å². The monoisotopic (exact) mass is 340 g/mol. The summed E-state index contributed by atoms with van der Waals surface area (Å²) in [6, 6.07) is 3.78. The SMILES string of the molecule is CCc1ccnc(C(=O)OC(=O)c2nccc(CC)c2CC)c1CC. The molecule has 0 aliphatic rings. The van der Waals surface area contributed by atoms with Crippen molar-refractivity contribution in [3.05, 3.63) is 58.2 Å². The van der Waals surface area contributed by atoms with Gasteiger partial charge in [-0.3, -0.25) is 0 Å². The molecule has 5 heteroatoms. The lowest BCUT2D eigenvalue weighted by atomic mass is 10.0. The highest BCUT2D eigenvalue weighted by atomic mass is 16.6. The molecule has 0 fully saturated rings. The number of hydrogen-bond donors (Lipinski definition) is 0. The Hall–Kier alpha value is -2.56. The Morgan fingerprint density at radius 3 is 1.48 bits per heavy atom. The van der Waals surface area contributed by atoms with Crippen molar-refractivity contribution in [1.82, 2.24) is 9.97 Å². The van der Waals surface area contributed by atoms with Crippen molar-refractivity contribution in [3.63, 3.8) is 0 Å². The van der Waals surface area contributed by atoms with E-state index in [0.717, 1.165) is 35.1 Å². The maximum Gasteiger partial charge on any atom is 0.365 e. The standard InChI is InChI=1S/C20H24N2O3/c1-5-13-9-11-21-17(15(13)7-3)19(23)25-20(24)18-16(8-4)14(6-2)10-12-22-18/h9-12H,5-8H2,1-4H3. The van der Waals surface area contributed by atoms with Crippen LogP contribution in [0.5, 0.6) is 0 Å². The second-order valence-corrected chi connectivity index (χ2v) is 5.69. The molecule has 2 aromatic rings. The number of esters is 2. The summed E-state index contributed by atoms with van der Waals surface area (Å²) < 4.78 is 5.10. The van der Waals surface area contributed by atoms with E-state index in [9.17, 15) is 9.59 Å². The Bertz CT molecular complexity index is 719. The number of rotatable bonds is 6. The van der Waals surface area contributed by atoms with Crippen molar-refractivity contribution in [2.24, 2.45) is 0 Å². The van der Waals surface area contributed by atoms with E-state index in [1.54, 1.807) is 12.4 Å². The largest absolute Gasteiger partial charge is 0.383 e. The predicted molar refractivity (Wildman–Crippen MR) is 95.7 cm³/mol. The number of carbonyl (C=O) groups excluding carboxylic acids is 2. The highest BCUT2D eigenvalue weighted by Crippen LogP contribution is 2.18. The van der Waals surface area contributed by atoms with Gasteiger partial charge in [0.05, 0.1) is 0 Å². The van der Waals surface area contributed by atoms with Crippen LogP contribution in [0.1, 0.15) is 70.9 Å². The molecule has 0 saturated carbocycles. The summed E-state index contributed by atoms with van der Waals surface area (Å²) in [6.45, 7) is 7.94. The smallest absolute Gasteiger partial charge is 0.365 e. The normalized spacial score (nSPS) is 10.6. The molecule has 0 N–H and O–H groups in total. The van der Waals surface area contributed by atoms with E-state index in [4.69, 9.17) is 4.74 Å². The Morgan fingerprint density at radius 2 is 1.16 bits per heavy atom. The van der Waals surface area contributed by atoms with Crippen LogP contribution in [0.25, 0.3) is 0 Å². The van der Waals surface area contributed by atoms with Gasteiger partial charge in [0.15, 0.2) is 11.4 Å². The molecule has 0 amide bonds. The van der Waals surface area contributed by atoms with Gasteiger partial charge in [-0.2, -0.15) is 0 Å². The van der Waals surface area contributed by atoms with Crippen molar-refractivity contribution in [2.75, 3.05) is 0 Å². The fraction of sp³-hybridized carbons (Fsp3) is 0.400. The van der Waals surface area contributed by atoms with E-state index in [1.807, 2.05) is 39.8 Å². The summed E-state index contributed by atoms with van der Waals surface area (Å²) in [5.41, 5.74) is 4.15. The summed E-state index contributed by atoms with van der Waals surface area (Å²) in [5, 5.41) is 0.